The summed E-state index contributed by atoms with van der Waals surface area (Å²) in [6.45, 7) is 1.60. The molecule has 2 aromatic rings. The Bertz CT molecular complexity index is 915. The average molecular weight is 349 g/mol. The van der Waals surface area contributed by atoms with Crippen molar-refractivity contribution in [1.29, 1.82) is 10.7 Å². The topological polar surface area (TPSA) is 87.1 Å². The highest BCUT2D eigenvalue weighted by atomic mass is 35.5. The third-order valence-corrected chi connectivity index (χ3v) is 4.51. The van der Waals surface area contributed by atoms with Gasteiger partial charge in [-0.15, -0.1) is 0 Å². The number of benzene rings is 1. The van der Waals surface area contributed by atoms with E-state index in [1.807, 2.05) is 6.07 Å². The van der Waals surface area contributed by atoms with E-state index in [0.717, 1.165) is 0 Å². The lowest BCUT2D eigenvalue weighted by Gasteiger charge is -2.29. The summed E-state index contributed by atoms with van der Waals surface area (Å²) in [5.74, 6) is -1.46. The summed E-state index contributed by atoms with van der Waals surface area (Å²) < 4.78 is 10.5. The van der Waals surface area contributed by atoms with Crippen molar-refractivity contribution in [2.24, 2.45) is 5.92 Å². The lowest BCUT2D eigenvalue weighted by molar-refractivity contribution is 0.403. The molecule has 2 heterocycles. The fourth-order valence-electron chi connectivity index (χ4n) is 2.69. The number of nitrogens with zero attached hydrogens (tertiary/aromatic N) is 1. The van der Waals surface area contributed by atoms with Gasteiger partial charge in [-0.05, 0) is 18.6 Å². The Morgan fingerprint density at radius 2 is 2.09 bits per heavy atom. The van der Waals surface area contributed by atoms with Crippen molar-refractivity contribution in [1.82, 2.24) is 0 Å². The first kappa shape index (κ1) is 15.6. The molecular weight excluding hydrogens is 339 g/mol. The average Bonchev–Trinajstić information content (AvgIpc) is 2.48. The smallest absolute Gasteiger partial charge is 0.343 e. The monoisotopic (exact) mass is 348 g/mol. The Morgan fingerprint density at radius 1 is 1.35 bits per heavy atom. The van der Waals surface area contributed by atoms with Gasteiger partial charge in [0.25, 0.3) is 0 Å². The lowest BCUT2D eigenvalue weighted by Crippen LogP contribution is -2.34. The fourth-order valence-corrected chi connectivity index (χ4v) is 3.11. The highest BCUT2D eigenvalue weighted by Gasteiger charge is 2.40. The van der Waals surface area contributed by atoms with Crippen LogP contribution in [0.5, 0.6) is 5.75 Å². The zero-order valence-electron chi connectivity index (χ0n) is 11.9. The summed E-state index contributed by atoms with van der Waals surface area (Å²) in [5, 5.41) is 18.0. The van der Waals surface area contributed by atoms with E-state index in [-0.39, 0.29) is 22.2 Å². The van der Waals surface area contributed by atoms with E-state index in [4.69, 9.17) is 37.8 Å². The third-order valence-electron chi connectivity index (χ3n) is 3.68. The minimum atomic E-state index is -0.996. The second-order valence-electron chi connectivity index (χ2n) is 5.12. The van der Waals surface area contributed by atoms with Gasteiger partial charge in [0.1, 0.15) is 17.4 Å². The number of nitrogens with one attached hydrogen (secondary N) is 1. The van der Waals surface area contributed by atoms with E-state index in [9.17, 15) is 10.1 Å². The number of fused-ring (bicyclic) bond motifs is 1. The lowest BCUT2D eigenvalue weighted by atomic mass is 9.80. The molecule has 0 radical (unpaired) electrons. The third kappa shape index (κ3) is 2.50. The van der Waals surface area contributed by atoms with Crippen LogP contribution >= 0.6 is 23.2 Å². The Balaban J connectivity index is 2.34. The van der Waals surface area contributed by atoms with Crippen LogP contribution in [-0.4, -0.2) is 5.90 Å². The van der Waals surface area contributed by atoms with Crippen LogP contribution in [0.2, 0.25) is 10.0 Å². The molecule has 0 amide bonds. The van der Waals surface area contributed by atoms with Crippen LogP contribution in [-0.2, 0) is 0 Å². The Labute approximate surface area is 141 Å². The van der Waals surface area contributed by atoms with Crippen LogP contribution in [0.25, 0.3) is 0 Å². The van der Waals surface area contributed by atoms with Gasteiger partial charge in [0.2, 0.25) is 5.90 Å². The number of rotatable bonds is 1. The highest BCUT2D eigenvalue weighted by Crippen LogP contribution is 2.44. The van der Waals surface area contributed by atoms with Gasteiger partial charge in [-0.25, -0.2) is 4.79 Å². The minimum absolute atomic E-state index is 0.169. The van der Waals surface area contributed by atoms with Gasteiger partial charge in [-0.3, -0.25) is 5.41 Å². The van der Waals surface area contributed by atoms with Crippen LogP contribution in [0.3, 0.4) is 0 Å². The van der Waals surface area contributed by atoms with Crippen LogP contribution in [0, 0.1) is 29.6 Å². The number of halogens is 2. The number of aryl methyl sites for hydroxylation is 1. The first-order valence-corrected chi connectivity index (χ1v) is 7.44. The summed E-state index contributed by atoms with van der Waals surface area (Å²) in [7, 11) is 0. The van der Waals surface area contributed by atoms with Crippen LogP contribution in [0.15, 0.2) is 33.5 Å². The van der Waals surface area contributed by atoms with Gasteiger partial charge in [0.15, 0.2) is 0 Å². The SMILES string of the molecule is Cc1cc2c(c(=O)o1)C(c1cccc(Cl)c1Cl)C(C#N)C(=N)O2. The van der Waals surface area contributed by atoms with E-state index in [0.29, 0.717) is 16.3 Å². The van der Waals surface area contributed by atoms with Crippen molar-refractivity contribution < 1.29 is 9.15 Å². The van der Waals surface area contributed by atoms with Crippen molar-refractivity contribution >= 4 is 29.1 Å². The minimum Gasteiger partial charge on any atom is -0.441 e. The molecule has 0 spiro atoms. The normalized spacial score (nSPS) is 19.7. The van der Waals surface area contributed by atoms with Gasteiger partial charge in [-0.1, -0.05) is 35.3 Å². The number of nitriles is 1. The predicted molar refractivity (Wildman–Crippen MR) is 85.5 cm³/mol. The van der Waals surface area contributed by atoms with Crippen molar-refractivity contribution in [3.63, 3.8) is 0 Å². The molecule has 1 aliphatic heterocycles. The second-order valence-corrected chi connectivity index (χ2v) is 5.90. The van der Waals surface area contributed by atoms with Crippen molar-refractivity contribution in [2.75, 3.05) is 0 Å². The molecule has 7 heteroatoms. The van der Waals surface area contributed by atoms with E-state index < -0.39 is 17.5 Å². The second kappa shape index (κ2) is 5.73. The van der Waals surface area contributed by atoms with Gasteiger partial charge < -0.3 is 9.15 Å². The zero-order valence-corrected chi connectivity index (χ0v) is 13.4. The van der Waals surface area contributed by atoms with Crippen molar-refractivity contribution in [2.45, 2.75) is 12.8 Å². The predicted octanol–water partition coefficient (Wildman–Crippen LogP) is 3.90. The van der Waals surface area contributed by atoms with Gasteiger partial charge in [0.05, 0.1) is 21.7 Å². The Hall–Kier alpha value is -2.29. The summed E-state index contributed by atoms with van der Waals surface area (Å²) in [6, 6.07) is 8.47. The maximum atomic E-state index is 12.3. The molecule has 1 aromatic heterocycles. The Morgan fingerprint density at radius 3 is 2.78 bits per heavy atom. The molecule has 0 bridgehead atoms. The summed E-state index contributed by atoms with van der Waals surface area (Å²) in [4.78, 5) is 12.3. The molecule has 5 nitrogen and oxygen atoms in total. The largest absolute Gasteiger partial charge is 0.441 e. The molecule has 2 unspecified atom stereocenters. The van der Waals surface area contributed by atoms with Crippen LogP contribution in [0.1, 0.15) is 22.8 Å². The van der Waals surface area contributed by atoms with Crippen molar-refractivity contribution in [3.8, 4) is 11.8 Å². The van der Waals surface area contributed by atoms with Gasteiger partial charge in [0, 0.05) is 12.0 Å². The quantitative estimate of drug-likeness (QED) is 0.846. The first-order chi connectivity index (χ1) is 10.9. The standard InChI is InChI=1S/C16H10Cl2N2O3/c1-7-5-11-13(16(21)22-7)12(9(6-19)15(20)23-11)8-3-2-4-10(17)14(8)18/h2-5,9,12,20H,1H3. The number of hydrogen-bond acceptors (Lipinski definition) is 5. The van der Waals surface area contributed by atoms with Gasteiger partial charge >= 0.3 is 5.63 Å². The molecule has 116 valence electrons. The van der Waals surface area contributed by atoms with Crippen molar-refractivity contribution in [3.05, 3.63) is 61.6 Å². The molecule has 0 saturated carbocycles. The van der Waals surface area contributed by atoms with E-state index >= 15 is 0 Å². The summed E-state index contributed by atoms with van der Waals surface area (Å²) in [5.41, 5.74) is 0.0345. The molecule has 23 heavy (non-hydrogen) atoms. The zero-order chi connectivity index (χ0) is 16.7. The molecule has 1 N–H and O–H groups in total. The summed E-state index contributed by atoms with van der Waals surface area (Å²) in [6.07, 6.45) is 0. The molecule has 2 atom stereocenters. The van der Waals surface area contributed by atoms with E-state index in [1.165, 1.54) is 6.07 Å². The highest BCUT2D eigenvalue weighted by molar-refractivity contribution is 6.42. The first-order valence-electron chi connectivity index (χ1n) is 6.68. The summed E-state index contributed by atoms with van der Waals surface area (Å²) >= 11 is 12.3. The fraction of sp³-hybridized carbons (Fsp3) is 0.188. The van der Waals surface area contributed by atoms with E-state index in [1.54, 1.807) is 25.1 Å². The molecule has 0 saturated heterocycles. The molecule has 1 aliphatic rings. The molecule has 3 rings (SSSR count). The molecule has 0 fully saturated rings. The molecular formula is C16H10Cl2N2O3. The number of ether oxygens (including phenoxy) is 1. The van der Waals surface area contributed by atoms with Crippen LogP contribution < -0.4 is 10.4 Å². The number of hydrogen-bond donors (Lipinski definition) is 1. The molecule has 0 aliphatic carbocycles. The van der Waals surface area contributed by atoms with E-state index in [2.05, 4.69) is 0 Å². The maximum absolute atomic E-state index is 12.3. The Kier molecular flexibility index (Phi) is 3.88. The van der Waals surface area contributed by atoms with Crippen LogP contribution in [0.4, 0.5) is 0 Å². The van der Waals surface area contributed by atoms with Gasteiger partial charge in [-0.2, -0.15) is 5.26 Å². The molecule has 1 aromatic carbocycles. The maximum Gasteiger partial charge on any atom is 0.343 e.